The molecule has 0 aliphatic heterocycles. The van der Waals surface area contributed by atoms with Crippen molar-refractivity contribution in [2.45, 2.75) is 90.9 Å². The van der Waals surface area contributed by atoms with Crippen LogP contribution >= 0.6 is 0 Å². The monoisotopic (exact) mass is 385 g/mol. The fraction of sp³-hybridized carbons (Fsp3) is 0.792. The number of hydrogen-bond acceptors (Lipinski definition) is 3. The third-order valence-corrected chi connectivity index (χ3v) is 5.20. The van der Waals surface area contributed by atoms with E-state index in [1.165, 1.54) is 64.2 Å². The fourth-order valence-electron chi connectivity index (χ4n) is 3.72. The Balaban J connectivity index is 0. The maximum Gasteiger partial charge on any atom is 1.00 e. The summed E-state index contributed by atoms with van der Waals surface area (Å²) in [6.07, 6.45) is 18.6. The van der Waals surface area contributed by atoms with Crippen LogP contribution in [0, 0.1) is 11.8 Å². The van der Waals surface area contributed by atoms with Crippen LogP contribution in [0.15, 0.2) is 25.3 Å². The third-order valence-electron chi connectivity index (χ3n) is 5.20. The molecular weight excluding hydrogens is 341 g/mol. The van der Waals surface area contributed by atoms with E-state index in [1.807, 2.05) is 12.2 Å². The number of carboxylic acid groups (broad SMARTS) is 1. The van der Waals surface area contributed by atoms with Crippen LogP contribution in [0.2, 0.25) is 0 Å². The fourth-order valence-corrected chi connectivity index (χ4v) is 3.72. The molecule has 0 heterocycles. The Kier molecular flexibility index (Phi) is 22.5. The van der Waals surface area contributed by atoms with Gasteiger partial charge in [-0.05, 0) is 50.4 Å². The minimum Gasteiger partial charge on any atom is -0.549 e. The molecule has 0 rings (SSSR count). The van der Waals surface area contributed by atoms with Crippen molar-refractivity contribution in [2.24, 2.45) is 11.8 Å². The number of carbonyl (C=O) groups is 1. The molecule has 158 valence electrons. The Morgan fingerprint density at radius 3 is 1.57 bits per heavy atom. The first-order chi connectivity index (χ1) is 13.0. The van der Waals surface area contributed by atoms with Gasteiger partial charge < -0.3 is 9.90 Å². The summed E-state index contributed by atoms with van der Waals surface area (Å²) in [4.78, 5) is 13.2. The first-order valence-electron chi connectivity index (χ1n) is 11.1. The Hall–Kier alpha value is -0.493. The largest absolute Gasteiger partial charge is 1.00 e. The summed E-state index contributed by atoms with van der Waals surface area (Å²) >= 11 is 0. The van der Waals surface area contributed by atoms with Gasteiger partial charge in [0, 0.05) is 19.6 Å². The number of unbranched alkanes of at least 4 members (excludes halogenated alkanes) is 8. The van der Waals surface area contributed by atoms with E-state index in [-0.39, 0.29) is 25.4 Å². The zero-order chi connectivity index (χ0) is 20.3. The van der Waals surface area contributed by atoms with Crippen LogP contribution in [0.1, 0.15) is 90.9 Å². The molecule has 0 saturated heterocycles. The van der Waals surface area contributed by atoms with Gasteiger partial charge in [-0.25, -0.2) is 0 Å². The van der Waals surface area contributed by atoms with Crippen LogP contribution in [0.25, 0.3) is 0 Å². The second-order valence-electron chi connectivity index (χ2n) is 8.34. The second kappa shape index (κ2) is 21.2. The number of hydrogen-bond donors (Lipinski definition) is 0. The molecule has 0 aromatic rings. The van der Waals surface area contributed by atoms with Crippen LogP contribution in [0.5, 0.6) is 0 Å². The smallest absolute Gasteiger partial charge is 0.549 e. The van der Waals surface area contributed by atoms with E-state index in [9.17, 15) is 9.90 Å². The predicted octanol–water partition coefficient (Wildman–Crippen LogP) is 2.37. The van der Waals surface area contributed by atoms with E-state index in [4.69, 9.17) is 0 Å². The van der Waals surface area contributed by atoms with Crippen LogP contribution in [0.3, 0.4) is 0 Å². The number of nitrogens with zero attached hydrogens (tertiary/aromatic N) is 1. The predicted molar refractivity (Wildman–Crippen MR) is 116 cm³/mol. The first-order valence-corrected chi connectivity index (χ1v) is 11.1. The van der Waals surface area contributed by atoms with E-state index in [0.717, 1.165) is 25.9 Å². The quantitative estimate of drug-likeness (QED) is 0.184. The average molecular weight is 386 g/mol. The van der Waals surface area contributed by atoms with E-state index < -0.39 is 5.97 Å². The molecule has 0 fully saturated rings. The molecule has 3 nitrogen and oxygen atoms in total. The molecule has 0 radical (unpaired) electrons. The van der Waals surface area contributed by atoms with Crippen molar-refractivity contribution in [2.75, 3.05) is 19.6 Å². The van der Waals surface area contributed by atoms with Crippen molar-refractivity contribution in [3.8, 4) is 0 Å². The molecule has 28 heavy (non-hydrogen) atoms. The summed E-state index contributed by atoms with van der Waals surface area (Å²) in [5, 5.41) is 11.1. The van der Waals surface area contributed by atoms with Crippen molar-refractivity contribution in [3.63, 3.8) is 0 Å². The molecule has 0 saturated carbocycles. The van der Waals surface area contributed by atoms with Gasteiger partial charge >= 0.3 is 18.9 Å². The van der Waals surface area contributed by atoms with Crippen LogP contribution in [0.4, 0.5) is 0 Å². The van der Waals surface area contributed by atoms with Gasteiger partial charge in [-0.3, -0.25) is 4.90 Å². The minimum absolute atomic E-state index is 0. The molecule has 0 N–H and O–H groups in total. The van der Waals surface area contributed by atoms with Crippen LogP contribution in [-0.4, -0.2) is 30.5 Å². The number of aliphatic carboxylic acids is 1. The molecular formula is C24H44LiNO2. The summed E-state index contributed by atoms with van der Waals surface area (Å²) in [5.41, 5.74) is 0. The minimum atomic E-state index is -0.955. The molecule has 0 aliphatic rings. The molecule has 0 bridgehead atoms. The van der Waals surface area contributed by atoms with Gasteiger partial charge in [-0.2, -0.15) is 0 Å². The average Bonchev–Trinajstić information content (AvgIpc) is 2.60. The normalized spacial score (nSPS) is 13.0. The maximum absolute atomic E-state index is 11.1. The van der Waals surface area contributed by atoms with Gasteiger partial charge in [0.2, 0.25) is 0 Å². The summed E-state index contributed by atoms with van der Waals surface area (Å²) in [6.45, 7) is 13.8. The van der Waals surface area contributed by atoms with Gasteiger partial charge in [-0.1, -0.05) is 64.5 Å². The maximum atomic E-state index is 11.1. The van der Waals surface area contributed by atoms with Gasteiger partial charge in [-0.15, -0.1) is 13.2 Å². The first kappa shape index (κ1) is 29.7. The molecule has 4 heteroatoms. The van der Waals surface area contributed by atoms with Crippen molar-refractivity contribution >= 4 is 5.97 Å². The summed E-state index contributed by atoms with van der Waals surface area (Å²) in [5.74, 6) is 0.118. The Morgan fingerprint density at radius 2 is 1.21 bits per heavy atom. The number of carbonyl (C=O) groups excluding carboxylic acids is 1. The Labute approximate surface area is 187 Å². The zero-order valence-corrected chi connectivity index (χ0v) is 19.1. The van der Waals surface area contributed by atoms with E-state index in [2.05, 4.69) is 31.9 Å². The number of rotatable bonds is 20. The van der Waals surface area contributed by atoms with Crippen molar-refractivity contribution < 1.29 is 28.8 Å². The van der Waals surface area contributed by atoms with Crippen molar-refractivity contribution in [1.29, 1.82) is 0 Å². The van der Waals surface area contributed by atoms with Gasteiger partial charge in [0.05, 0.1) is 5.97 Å². The standard InChI is InChI=1S/C24H45NO2.Li/c1-5-7-9-11-13-15-17-22(3)19-25(21-24(26)27)20-23(4)18-16-14-12-10-8-6-2;/h5-6,22-23H,1-2,7-21H2,3-4H3,(H,26,27);/q;+1/p-1. The van der Waals surface area contributed by atoms with E-state index >= 15 is 0 Å². The molecule has 0 aromatic heterocycles. The summed E-state index contributed by atoms with van der Waals surface area (Å²) in [6, 6.07) is 0. The molecule has 0 spiro atoms. The second-order valence-corrected chi connectivity index (χ2v) is 8.34. The van der Waals surface area contributed by atoms with Gasteiger partial charge in [0.25, 0.3) is 0 Å². The summed E-state index contributed by atoms with van der Waals surface area (Å²) < 4.78 is 0. The summed E-state index contributed by atoms with van der Waals surface area (Å²) in [7, 11) is 0. The number of allylic oxidation sites excluding steroid dienone is 2. The zero-order valence-electron chi connectivity index (χ0n) is 19.1. The Bertz CT molecular complexity index is 359. The van der Waals surface area contributed by atoms with Crippen LogP contribution in [-0.2, 0) is 4.79 Å². The Morgan fingerprint density at radius 1 is 0.821 bits per heavy atom. The van der Waals surface area contributed by atoms with Crippen LogP contribution < -0.4 is 24.0 Å². The molecule has 0 aromatic carbocycles. The number of carboxylic acids is 1. The van der Waals surface area contributed by atoms with E-state index in [0.29, 0.717) is 11.8 Å². The topological polar surface area (TPSA) is 43.4 Å². The van der Waals surface area contributed by atoms with Crippen molar-refractivity contribution in [1.82, 2.24) is 4.90 Å². The van der Waals surface area contributed by atoms with Crippen molar-refractivity contribution in [3.05, 3.63) is 25.3 Å². The molecule has 2 unspecified atom stereocenters. The molecule has 0 aliphatic carbocycles. The SMILES string of the molecule is C=CCCCCCCC(C)CN(CC(=O)[O-])CC(C)CCCCCCC=C.[Li+]. The van der Waals surface area contributed by atoms with Gasteiger partial charge in [0.15, 0.2) is 0 Å². The van der Waals surface area contributed by atoms with E-state index in [1.54, 1.807) is 0 Å². The molecule has 2 atom stereocenters. The van der Waals surface area contributed by atoms with Gasteiger partial charge in [0.1, 0.15) is 0 Å². The molecule has 0 amide bonds. The third kappa shape index (κ3) is 20.2.